The van der Waals surface area contributed by atoms with Crippen molar-refractivity contribution >= 4 is 34.8 Å². The lowest BCUT2D eigenvalue weighted by atomic mass is 10.3. The van der Waals surface area contributed by atoms with Gasteiger partial charge in [-0.25, -0.2) is 4.39 Å². The van der Waals surface area contributed by atoms with E-state index in [9.17, 15) is 9.18 Å². The Morgan fingerprint density at radius 3 is 2.47 bits per heavy atom. The Hall–Kier alpha value is -0.840. The molecule has 0 aliphatic heterocycles. The lowest BCUT2D eigenvalue weighted by Gasteiger charge is -2.06. The third-order valence-corrected chi connectivity index (χ3v) is 2.09. The first-order valence-electron chi connectivity index (χ1n) is 3.98. The third kappa shape index (κ3) is 3.34. The van der Waals surface area contributed by atoms with Gasteiger partial charge in [0.1, 0.15) is 6.61 Å². The molecule has 0 fully saturated rings. The molecular formula is C9H8Cl2FNO2. The standard InChI is InChI=1S/C9H8Cl2FNO2/c1-15-4-8(14)13-5-2-6(10)9(12)7(11)3-5/h2-3H,4H2,1H3,(H,13,14). The summed E-state index contributed by atoms with van der Waals surface area (Å²) in [5.41, 5.74) is 0.327. The fourth-order valence-electron chi connectivity index (χ4n) is 0.956. The van der Waals surface area contributed by atoms with E-state index >= 15 is 0 Å². The second-order valence-electron chi connectivity index (χ2n) is 2.74. The van der Waals surface area contributed by atoms with Gasteiger partial charge in [0, 0.05) is 12.8 Å². The lowest BCUT2D eigenvalue weighted by Crippen LogP contribution is -2.17. The number of amides is 1. The number of halogens is 3. The fraction of sp³-hybridized carbons (Fsp3) is 0.222. The zero-order chi connectivity index (χ0) is 11.4. The van der Waals surface area contributed by atoms with Crippen molar-refractivity contribution in [3.8, 4) is 0 Å². The van der Waals surface area contributed by atoms with Gasteiger partial charge in [-0.15, -0.1) is 0 Å². The molecule has 1 amide bonds. The lowest BCUT2D eigenvalue weighted by molar-refractivity contribution is -0.119. The summed E-state index contributed by atoms with van der Waals surface area (Å²) >= 11 is 11.1. The number of nitrogens with one attached hydrogen (secondary N) is 1. The molecule has 0 atom stereocenters. The predicted molar refractivity (Wildman–Crippen MR) is 56.9 cm³/mol. The highest BCUT2D eigenvalue weighted by Gasteiger charge is 2.09. The van der Waals surface area contributed by atoms with Crippen molar-refractivity contribution in [1.29, 1.82) is 0 Å². The molecule has 1 N–H and O–H groups in total. The maximum Gasteiger partial charge on any atom is 0.250 e. The van der Waals surface area contributed by atoms with Gasteiger partial charge >= 0.3 is 0 Å². The molecule has 0 heterocycles. The van der Waals surface area contributed by atoms with Crippen LogP contribution in [-0.4, -0.2) is 19.6 Å². The number of anilines is 1. The van der Waals surface area contributed by atoms with Gasteiger partial charge < -0.3 is 10.1 Å². The van der Waals surface area contributed by atoms with Crippen LogP contribution in [0.15, 0.2) is 12.1 Å². The van der Waals surface area contributed by atoms with Crippen molar-refractivity contribution in [2.75, 3.05) is 19.0 Å². The molecular weight excluding hydrogens is 244 g/mol. The van der Waals surface area contributed by atoms with Crippen molar-refractivity contribution < 1.29 is 13.9 Å². The molecule has 6 heteroatoms. The van der Waals surface area contributed by atoms with E-state index in [0.29, 0.717) is 5.69 Å². The van der Waals surface area contributed by atoms with Crippen molar-refractivity contribution in [2.24, 2.45) is 0 Å². The van der Waals surface area contributed by atoms with E-state index in [0.717, 1.165) is 0 Å². The number of carbonyl (C=O) groups excluding carboxylic acids is 1. The molecule has 0 aromatic heterocycles. The molecule has 0 saturated carbocycles. The zero-order valence-corrected chi connectivity index (χ0v) is 9.32. The van der Waals surface area contributed by atoms with Crippen LogP contribution < -0.4 is 5.32 Å². The van der Waals surface area contributed by atoms with Gasteiger partial charge in [-0.05, 0) is 12.1 Å². The molecule has 0 aliphatic rings. The number of methoxy groups -OCH3 is 1. The summed E-state index contributed by atoms with van der Waals surface area (Å²) in [5.74, 6) is -1.07. The van der Waals surface area contributed by atoms with E-state index in [1.807, 2.05) is 0 Å². The number of hydrogen-bond acceptors (Lipinski definition) is 2. The minimum atomic E-state index is -0.705. The van der Waals surface area contributed by atoms with Crippen molar-refractivity contribution in [1.82, 2.24) is 0 Å². The van der Waals surface area contributed by atoms with Crippen molar-refractivity contribution in [3.63, 3.8) is 0 Å². The average Bonchev–Trinajstić information content (AvgIpc) is 2.14. The Kier molecular flexibility index (Phi) is 4.32. The molecule has 0 radical (unpaired) electrons. The van der Waals surface area contributed by atoms with Gasteiger partial charge in [-0.3, -0.25) is 4.79 Å². The molecule has 1 aromatic rings. The molecule has 0 aliphatic carbocycles. The topological polar surface area (TPSA) is 38.3 Å². The summed E-state index contributed by atoms with van der Waals surface area (Å²) in [5, 5.41) is 2.17. The maximum atomic E-state index is 13.0. The van der Waals surface area contributed by atoms with E-state index in [-0.39, 0.29) is 22.6 Å². The van der Waals surface area contributed by atoms with Crippen LogP contribution in [-0.2, 0) is 9.53 Å². The molecule has 82 valence electrons. The van der Waals surface area contributed by atoms with E-state index in [2.05, 4.69) is 10.1 Å². The van der Waals surface area contributed by atoms with Crippen molar-refractivity contribution in [2.45, 2.75) is 0 Å². The Morgan fingerprint density at radius 2 is 2.00 bits per heavy atom. The second kappa shape index (κ2) is 5.30. The average molecular weight is 252 g/mol. The first-order chi connectivity index (χ1) is 7.04. The monoisotopic (exact) mass is 251 g/mol. The largest absolute Gasteiger partial charge is 0.375 e. The molecule has 0 saturated heterocycles. The van der Waals surface area contributed by atoms with E-state index in [1.54, 1.807) is 0 Å². The van der Waals surface area contributed by atoms with Crippen LogP contribution >= 0.6 is 23.2 Å². The summed E-state index contributed by atoms with van der Waals surface area (Å²) in [6, 6.07) is 2.55. The SMILES string of the molecule is COCC(=O)Nc1cc(Cl)c(F)c(Cl)c1. The van der Waals surface area contributed by atoms with Crippen LogP contribution in [0.3, 0.4) is 0 Å². The van der Waals surface area contributed by atoms with Crippen LogP contribution in [0.2, 0.25) is 10.0 Å². The summed E-state index contributed by atoms with van der Waals surface area (Å²) in [4.78, 5) is 11.1. The van der Waals surface area contributed by atoms with Crippen LogP contribution in [0.25, 0.3) is 0 Å². The Balaban J connectivity index is 2.83. The highest BCUT2D eigenvalue weighted by atomic mass is 35.5. The van der Waals surface area contributed by atoms with E-state index < -0.39 is 5.82 Å². The van der Waals surface area contributed by atoms with Crippen molar-refractivity contribution in [3.05, 3.63) is 28.0 Å². The molecule has 0 unspecified atom stereocenters. The Labute approximate surface area is 96.1 Å². The highest BCUT2D eigenvalue weighted by molar-refractivity contribution is 6.35. The number of rotatable bonds is 3. The molecule has 0 bridgehead atoms. The summed E-state index contributed by atoms with van der Waals surface area (Å²) < 4.78 is 17.6. The smallest absolute Gasteiger partial charge is 0.250 e. The summed E-state index contributed by atoms with van der Waals surface area (Å²) in [6.45, 7) is -0.0907. The fourth-order valence-corrected chi connectivity index (χ4v) is 1.44. The minimum Gasteiger partial charge on any atom is -0.375 e. The van der Waals surface area contributed by atoms with Gasteiger partial charge in [0.15, 0.2) is 5.82 Å². The highest BCUT2D eigenvalue weighted by Crippen LogP contribution is 2.27. The van der Waals surface area contributed by atoms with Crippen LogP contribution in [0, 0.1) is 5.82 Å². The first-order valence-corrected chi connectivity index (χ1v) is 4.73. The van der Waals surface area contributed by atoms with Crippen LogP contribution in [0.1, 0.15) is 0 Å². The van der Waals surface area contributed by atoms with Crippen LogP contribution in [0.5, 0.6) is 0 Å². The van der Waals surface area contributed by atoms with Gasteiger partial charge in [0.25, 0.3) is 0 Å². The predicted octanol–water partition coefficient (Wildman–Crippen LogP) is 2.72. The normalized spacial score (nSPS) is 10.1. The maximum absolute atomic E-state index is 13.0. The Morgan fingerprint density at radius 1 is 1.47 bits per heavy atom. The molecule has 0 spiro atoms. The minimum absolute atomic E-state index is 0.0907. The molecule has 3 nitrogen and oxygen atoms in total. The quantitative estimate of drug-likeness (QED) is 0.840. The number of hydrogen-bond donors (Lipinski definition) is 1. The molecule has 1 aromatic carbocycles. The summed E-state index contributed by atoms with van der Waals surface area (Å²) in [7, 11) is 1.39. The van der Waals surface area contributed by atoms with Gasteiger partial charge in [0.05, 0.1) is 10.0 Å². The van der Waals surface area contributed by atoms with Gasteiger partial charge in [-0.1, -0.05) is 23.2 Å². The summed E-state index contributed by atoms with van der Waals surface area (Å²) in [6.07, 6.45) is 0. The molecule has 1 rings (SSSR count). The first kappa shape index (κ1) is 12.2. The second-order valence-corrected chi connectivity index (χ2v) is 3.55. The van der Waals surface area contributed by atoms with Gasteiger partial charge in [0.2, 0.25) is 5.91 Å². The Bertz CT molecular complexity index is 361. The van der Waals surface area contributed by atoms with Gasteiger partial charge in [-0.2, -0.15) is 0 Å². The van der Waals surface area contributed by atoms with E-state index in [1.165, 1.54) is 19.2 Å². The zero-order valence-electron chi connectivity index (χ0n) is 7.81. The number of ether oxygens (including phenoxy) is 1. The molecule has 15 heavy (non-hydrogen) atoms. The number of carbonyl (C=O) groups is 1. The number of benzene rings is 1. The van der Waals surface area contributed by atoms with E-state index in [4.69, 9.17) is 23.2 Å². The third-order valence-electron chi connectivity index (χ3n) is 1.54. The van der Waals surface area contributed by atoms with Crippen LogP contribution in [0.4, 0.5) is 10.1 Å².